The molecule has 0 fully saturated rings. The smallest absolute Gasteiger partial charge is 0.363 e. The molecule has 5 aromatic rings. The van der Waals surface area contributed by atoms with E-state index in [9.17, 15) is 26.3 Å². The highest BCUT2D eigenvalue weighted by molar-refractivity contribution is 6.33. The van der Waals surface area contributed by atoms with Crippen LogP contribution < -0.4 is 0 Å². The first-order valence-electron chi connectivity index (χ1n) is 11.0. The molecule has 0 aliphatic rings. The van der Waals surface area contributed by atoms with E-state index in [0.717, 1.165) is 0 Å². The van der Waals surface area contributed by atoms with Crippen molar-refractivity contribution in [3.8, 4) is 33.8 Å². The van der Waals surface area contributed by atoms with E-state index >= 15 is 0 Å². The average Bonchev–Trinajstić information content (AvgIpc) is 3.51. The van der Waals surface area contributed by atoms with E-state index in [0.29, 0.717) is 39.5 Å². The molecule has 5 rings (SSSR count). The minimum Gasteiger partial charge on any atom is -0.363 e. The second-order valence-electron chi connectivity index (χ2n) is 8.28. The summed E-state index contributed by atoms with van der Waals surface area (Å²) in [5.41, 5.74) is -0.673. The number of benzene rings is 3. The van der Waals surface area contributed by atoms with Crippen LogP contribution in [0, 0.1) is 0 Å². The Kier molecular flexibility index (Phi) is 6.47. The molecule has 2 heterocycles. The highest BCUT2D eigenvalue weighted by Crippen LogP contribution is 2.40. The van der Waals surface area contributed by atoms with Crippen molar-refractivity contribution in [1.29, 1.82) is 0 Å². The third-order valence-electron chi connectivity index (χ3n) is 5.72. The minimum atomic E-state index is -4.98. The van der Waals surface area contributed by atoms with E-state index < -0.39 is 30.0 Å². The first kappa shape index (κ1) is 25.5. The molecule has 12 heteroatoms. The lowest BCUT2D eigenvalue weighted by Gasteiger charge is -2.15. The third-order valence-corrected chi connectivity index (χ3v) is 6.05. The van der Waals surface area contributed by atoms with E-state index in [-0.39, 0.29) is 23.0 Å². The first-order chi connectivity index (χ1) is 18.0. The van der Waals surface area contributed by atoms with Gasteiger partial charge in [0.2, 0.25) is 0 Å². The quantitative estimate of drug-likeness (QED) is 0.209. The molecule has 0 unspecified atom stereocenters. The lowest BCUT2D eigenvalue weighted by molar-refractivity contribution is -0.143. The predicted molar refractivity (Wildman–Crippen MR) is 127 cm³/mol. The fourth-order valence-corrected chi connectivity index (χ4v) is 4.26. The maximum absolute atomic E-state index is 13.4. The molecule has 3 aromatic carbocycles. The summed E-state index contributed by atoms with van der Waals surface area (Å²) in [6, 6.07) is 17.0. The zero-order valence-electron chi connectivity index (χ0n) is 19.1. The van der Waals surface area contributed by atoms with Crippen molar-refractivity contribution in [2.45, 2.75) is 18.9 Å². The molecular formula is C26H15ClF6N4O. The molecule has 0 spiro atoms. The van der Waals surface area contributed by atoms with Crippen LogP contribution in [0.2, 0.25) is 5.02 Å². The van der Waals surface area contributed by atoms with Crippen molar-refractivity contribution >= 4 is 11.6 Å². The molecule has 0 saturated heterocycles. The molecule has 0 aliphatic carbocycles. The molecule has 0 atom stereocenters. The Bertz CT molecular complexity index is 1560. The second kappa shape index (κ2) is 9.64. The molecule has 38 heavy (non-hydrogen) atoms. The second-order valence-corrected chi connectivity index (χ2v) is 8.69. The molecule has 0 aliphatic heterocycles. The van der Waals surface area contributed by atoms with Crippen LogP contribution in [0.3, 0.4) is 0 Å². The van der Waals surface area contributed by atoms with E-state index in [1.165, 1.54) is 10.9 Å². The van der Waals surface area contributed by atoms with Gasteiger partial charge in [0.25, 0.3) is 0 Å². The number of alkyl halides is 6. The van der Waals surface area contributed by atoms with Crippen molar-refractivity contribution < 1.29 is 30.9 Å². The number of hydrogen-bond acceptors (Lipinski definition) is 4. The predicted octanol–water partition coefficient (Wildman–Crippen LogP) is 8.01. The zero-order valence-corrected chi connectivity index (χ0v) is 19.8. The number of rotatable bonds is 5. The number of aromatic nitrogens is 4. The van der Waals surface area contributed by atoms with Crippen LogP contribution in [0.4, 0.5) is 26.3 Å². The first-order valence-corrected chi connectivity index (χ1v) is 11.4. The van der Waals surface area contributed by atoms with Gasteiger partial charge in [-0.1, -0.05) is 70.5 Å². The molecular weight excluding hydrogens is 534 g/mol. The van der Waals surface area contributed by atoms with Gasteiger partial charge in [0.15, 0.2) is 0 Å². The van der Waals surface area contributed by atoms with Crippen molar-refractivity contribution in [2.24, 2.45) is 0 Å². The molecule has 0 amide bonds. The van der Waals surface area contributed by atoms with E-state index in [1.54, 1.807) is 54.6 Å². The van der Waals surface area contributed by atoms with Crippen molar-refractivity contribution in [1.82, 2.24) is 20.2 Å². The van der Waals surface area contributed by atoms with E-state index in [2.05, 4.69) is 15.5 Å². The van der Waals surface area contributed by atoms with Gasteiger partial charge >= 0.3 is 12.4 Å². The lowest BCUT2D eigenvalue weighted by atomic mass is 10.0. The van der Waals surface area contributed by atoms with Gasteiger partial charge in [-0.25, -0.2) is 4.68 Å². The Morgan fingerprint density at radius 2 is 1.39 bits per heavy atom. The van der Waals surface area contributed by atoms with E-state index in [1.807, 2.05) is 0 Å². The Morgan fingerprint density at radius 1 is 0.763 bits per heavy atom. The SMILES string of the molecule is FC(F)(F)c1cc(Cn2nnc(-c3nocc3-c3ccccc3Cl)c2-c2ccccc2)cc(C(F)(F)F)c1. The van der Waals surface area contributed by atoms with Gasteiger partial charge in [0, 0.05) is 16.1 Å². The van der Waals surface area contributed by atoms with Crippen LogP contribution in [-0.2, 0) is 18.9 Å². The third kappa shape index (κ3) is 5.01. The topological polar surface area (TPSA) is 56.7 Å². The van der Waals surface area contributed by atoms with Crippen LogP contribution in [-0.4, -0.2) is 20.2 Å². The molecule has 2 aromatic heterocycles. The Labute approximate surface area is 216 Å². The van der Waals surface area contributed by atoms with Gasteiger partial charge in [-0.15, -0.1) is 5.10 Å². The summed E-state index contributed by atoms with van der Waals surface area (Å²) in [6.45, 7) is -0.427. The molecule has 0 bridgehead atoms. The molecule has 0 N–H and O–H groups in total. The standard InChI is InChI=1S/C26H15ClF6N4O/c27-21-9-5-4-8-19(21)20-14-38-35-22(20)23-24(16-6-2-1-3-7-16)37(36-34-23)13-15-10-17(25(28,29)30)12-18(11-15)26(31,32)33/h1-12,14H,13H2. The van der Waals surface area contributed by atoms with Crippen LogP contribution in [0.1, 0.15) is 16.7 Å². The van der Waals surface area contributed by atoms with Gasteiger partial charge in [-0.3, -0.25) is 0 Å². The van der Waals surface area contributed by atoms with Gasteiger partial charge in [0.05, 0.1) is 28.9 Å². The number of nitrogens with zero attached hydrogens (tertiary/aromatic N) is 4. The largest absolute Gasteiger partial charge is 0.416 e. The maximum Gasteiger partial charge on any atom is 0.416 e. The Balaban J connectivity index is 1.66. The highest BCUT2D eigenvalue weighted by Gasteiger charge is 2.37. The van der Waals surface area contributed by atoms with Crippen LogP contribution >= 0.6 is 11.6 Å². The minimum absolute atomic E-state index is 0.0830. The van der Waals surface area contributed by atoms with Crippen molar-refractivity contribution in [2.75, 3.05) is 0 Å². The van der Waals surface area contributed by atoms with Gasteiger partial charge in [-0.2, -0.15) is 26.3 Å². The fraction of sp³-hybridized carbons (Fsp3) is 0.115. The lowest BCUT2D eigenvalue weighted by Crippen LogP contribution is -2.13. The fourth-order valence-electron chi connectivity index (χ4n) is 4.03. The average molecular weight is 549 g/mol. The van der Waals surface area contributed by atoms with E-state index in [4.69, 9.17) is 16.1 Å². The summed E-state index contributed by atoms with van der Waals surface area (Å²) in [7, 11) is 0. The zero-order chi connectivity index (χ0) is 27.1. The van der Waals surface area contributed by atoms with Crippen LogP contribution in [0.15, 0.2) is 83.6 Å². The summed E-state index contributed by atoms with van der Waals surface area (Å²) in [6.07, 6.45) is -8.58. The van der Waals surface area contributed by atoms with Crippen LogP contribution in [0.5, 0.6) is 0 Å². The summed E-state index contributed by atoms with van der Waals surface area (Å²) >= 11 is 6.35. The Morgan fingerprint density at radius 3 is 2.03 bits per heavy atom. The van der Waals surface area contributed by atoms with Crippen LogP contribution in [0.25, 0.3) is 33.8 Å². The molecule has 0 radical (unpaired) electrons. The van der Waals surface area contributed by atoms with Gasteiger partial charge < -0.3 is 4.52 Å². The molecule has 194 valence electrons. The van der Waals surface area contributed by atoms with Gasteiger partial charge in [-0.05, 0) is 29.8 Å². The summed E-state index contributed by atoms with van der Waals surface area (Å²) in [5.74, 6) is 0. The number of halogens is 7. The maximum atomic E-state index is 13.4. The highest BCUT2D eigenvalue weighted by atomic mass is 35.5. The monoisotopic (exact) mass is 548 g/mol. The normalized spacial score (nSPS) is 12.2. The summed E-state index contributed by atoms with van der Waals surface area (Å²) in [4.78, 5) is 0. The molecule has 5 nitrogen and oxygen atoms in total. The summed E-state index contributed by atoms with van der Waals surface area (Å²) < 4.78 is 86.9. The molecule has 0 saturated carbocycles. The Hall–Kier alpha value is -4.12. The van der Waals surface area contributed by atoms with Gasteiger partial charge in [0.1, 0.15) is 17.7 Å². The summed E-state index contributed by atoms with van der Waals surface area (Å²) in [5, 5.41) is 12.7. The van der Waals surface area contributed by atoms with Crippen molar-refractivity contribution in [3.63, 3.8) is 0 Å². The van der Waals surface area contributed by atoms with Crippen molar-refractivity contribution in [3.05, 3.63) is 101 Å². The number of hydrogen-bond donors (Lipinski definition) is 0.